The first-order valence-corrected chi connectivity index (χ1v) is 5.64. The summed E-state index contributed by atoms with van der Waals surface area (Å²) in [6.45, 7) is 6.81. The van der Waals surface area contributed by atoms with Gasteiger partial charge in [-0.25, -0.2) is 9.59 Å². The third kappa shape index (κ3) is 2.97. The Morgan fingerprint density at radius 1 is 1.25 bits per heavy atom. The van der Waals surface area contributed by atoms with Gasteiger partial charge in [-0.05, 0) is 12.5 Å². The van der Waals surface area contributed by atoms with Crippen molar-refractivity contribution < 1.29 is 29.6 Å². The van der Waals surface area contributed by atoms with Crippen molar-refractivity contribution in [3.05, 3.63) is 48.1 Å². The molecular weight excluding hydrogens is 264 g/mol. The number of carbonyl (C=O) groups is 2. The molecule has 0 aliphatic heterocycles. The highest BCUT2D eigenvalue weighted by Crippen LogP contribution is 2.34. The first-order chi connectivity index (χ1) is 9.43. The van der Waals surface area contributed by atoms with Gasteiger partial charge in [-0.1, -0.05) is 18.7 Å². The van der Waals surface area contributed by atoms with Crippen LogP contribution in [0.1, 0.15) is 26.3 Å². The smallest absolute Gasteiger partial charge is 0.343 e. The van der Waals surface area contributed by atoms with Crippen molar-refractivity contribution in [2.75, 3.05) is 6.61 Å². The normalized spacial score (nSPS) is 9.80. The second-order valence-electron chi connectivity index (χ2n) is 3.83. The average molecular weight is 278 g/mol. The third-order valence-electron chi connectivity index (χ3n) is 2.50. The van der Waals surface area contributed by atoms with Gasteiger partial charge < -0.3 is 20.1 Å². The van der Waals surface area contributed by atoms with E-state index in [4.69, 9.17) is 9.84 Å². The van der Waals surface area contributed by atoms with Crippen molar-refractivity contribution in [2.45, 2.75) is 6.42 Å². The van der Waals surface area contributed by atoms with Crippen molar-refractivity contribution in [3.8, 4) is 11.5 Å². The fourth-order valence-electron chi connectivity index (χ4n) is 1.65. The van der Waals surface area contributed by atoms with E-state index in [1.54, 1.807) is 0 Å². The summed E-state index contributed by atoms with van der Waals surface area (Å²) in [5, 5.41) is 28.5. The molecule has 0 bridgehead atoms. The van der Waals surface area contributed by atoms with E-state index in [9.17, 15) is 19.8 Å². The summed E-state index contributed by atoms with van der Waals surface area (Å²) in [6.07, 6.45) is 2.79. The van der Waals surface area contributed by atoms with E-state index in [-0.39, 0.29) is 24.2 Å². The molecule has 1 aromatic rings. The molecule has 0 heterocycles. The lowest BCUT2D eigenvalue weighted by Crippen LogP contribution is -2.11. The van der Waals surface area contributed by atoms with Gasteiger partial charge in [-0.2, -0.15) is 0 Å². The predicted molar refractivity (Wildman–Crippen MR) is 71.1 cm³/mol. The van der Waals surface area contributed by atoms with E-state index >= 15 is 0 Å². The number of hydrogen-bond acceptors (Lipinski definition) is 5. The lowest BCUT2D eigenvalue weighted by Gasteiger charge is -2.13. The minimum atomic E-state index is -1.50. The number of phenols is 2. The Morgan fingerprint density at radius 3 is 2.40 bits per heavy atom. The Kier molecular flexibility index (Phi) is 4.91. The number of carboxylic acid groups (broad SMARTS) is 1. The summed E-state index contributed by atoms with van der Waals surface area (Å²) in [5.41, 5.74) is -0.752. The molecule has 0 spiro atoms. The van der Waals surface area contributed by atoms with Crippen LogP contribution in [0.4, 0.5) is 0 Å². The van der Waals surface area contributed by atoms with E-state index < -0.39 is 29.0 Å². The van der Waals surface area contributed by atoms with Gasteiger partial charge >= 0.3 is 11.9 Å². The summed E-state index contributed by atoms with van der Waals surface area (Å²) in [6, 6.07) is 0.952. The van der Waals surface area contributed by atoms with Crippen LogP contribution in [-0.2, 0) is 11.2 Å². The lowest BCUT2D eigenvalue weighted by atomic mass is 9.98. The molecule has 0 fully saturated rings. The first kappa shape index (κ1) is 15.3. The van der Waals surface area contributed by atoms with Gasteiger partial charge in [0.25, 0.3) is 0 Å². The molecule has 1 rings (SSSR count). The number of esters is 1. The van der Waals surface area contributed by atoms with Gasteiger partial charge in [-0.15, -0.1) is 6.58 Å². The topological polar surface area (TPSA) is 104 Å². The molecule has 0 aliphatic rings. The van der Waals surface area contributed by atoms with Crippen LogP contribution in [0.25, 0.3) is 0 Å². The molecule has 3 N–H and O–H groups in total. The number of benzene rings is 1. The number of allylic oxidation sites excluding steroid dienone is 1. The molecule has 0 amide bonds. The van der Waals surface area contributed by atoms with Crippen LogP contribution in [0.15, 0.2) is 31.4 Å². The van der Waals surface area contributed by atoms with Gasteiger partial charge in [0.1, 0.15) is 23.7 Å². The summed E-state index contributed by atoms with van der Waals surface area (Å²) in [7, 11) is 0. The van der Waals surface area contributed by atoms with Crippen molar-refractivity contribution in [1.29, 1.82) is 0 Å². The quantitative estimate of drug-likeness (QED) is 0.542. The van der Waals surface area contributed by atoms with Gasteiger partial charge in [0.15, 0.2) is 0 Å². The minimum absolute atomic E-state index is 0.0317. The molecule has 0 atom stereocenters. The molecule has 1 aromatic carbocycles. The van der Waals surface area contributed by atoms with Crippen LogP contribution in [-0.4, -0.2) is 33.9 Å². The molecule has 6 nitrogen and oxygen atoms in total. The summed E-state index contributed by atoms with van der Waals surface area (Å²) >= 11 is 0. The number of ether oxygens (including phenoxy) is 1. The van der Waals surface area contributed by atoms with Crippen molar-refractivity contribution in [2.24, 2.45) is 0 Å². The fourth-order valence-corrected chi connectivity index (χ4v) is 1.65. The predicted octanol–water partition coefficient (Wildman–Crippen LogP) is 1.87. The third-order valence-corrected chi connectivity index (χ3v) is 2.50. The van der Waals surface area contributed by atoms with Crippen LogP contribution in [0.5, 0.6) is 11.5 Å². The molecule has 0 saturated carbocycles. The van der Waals surface area contributed by atoms with Crippen molar-refractivity contribution in [1.82, 2.24) is 0 Å². The van der Waals surface area contributed by atoms with Gasteiger partial charge in [0, 0.05) is 5.56 Å². The zero-order valence-corrected chi connectivity index (χ0v) is 10.6. The Labute approximate surface area is 115 Å². The van der Waals surface area contributed by atoms with E-state index in [2.05, 4.69) is 13.2 Å². The molecule has 106 valence electrons. The molecule has 20 heavy (non-hydrogen) atoms. The molecule has 6 heteroatoms. The minimum Gasteiger partial charge on any atom is -0.507 e. The Bertz CT molecular complexity index is 574. The maximum absolute atomic E-state index is 11.8. The van der Waals surface area contributed by atoms with Crippen LogP contribution in [0.3, 0.4) is 0 Å². The van der Waals surface area contributed by atoms with Crippen LogP contribution >= 0.6 is 0 Å². The molecule has 0 saturated heterocycles. The van der Waals surface area contributed by atoms with Gasteiger partial charge in [-0.3, -0.25) is 0 Å². The fraction of sp³-hybridized carbons (Fsp3) is 0.143. The highest BCUT2D eigenvalue weighted by Gasteiger charge is 2.25. The standard InChI is InChI=1S/C14H14O6/c1-3-5-8-9(14(19)20-6-4-2)7-10(15)11(12(8)16)13(17)18/h3-4,7,15-16H,1-2,5-6H2,(H,17,18). The highest BCUT2D eigenvalue weighted by atomic mass is 16.5. The Hall–Kier alpha value is -2.76. The van der Waals surface area contributed by atoms with Gasteiger partial charge in [0.05, 0.1) is 5.56 Å². The summed E-state index contributed by atoms with van der Waals surface area (Å²) in [4.78, 5) is 22.8. The number of aromatic hydroxyl groups is 2. The zero-order chi connectivity index (χ0) is 15.3. The van der Waals surface area contributed by atoms with E-state index in [1.165, 1.54) is 12.2 Å². The summed E-state index contributed by atoms with van der Waals surface area (Å²) < 4.78 is 4.81. The number of carbonyl (C=O) groups excluding carboxylic acids is 1. The second-order valence-corrected chi connectivity index (χ2v) is 3.83. The number of rotatable bonds is 6. The maximum Gasteiger partial charge on any atom is 0.343 e. The van der Waals surface area contributed by atoms with E-state index in [1.807, 2.05) is 0 Å². The Balaban J connectivity index is 3.44. The van der Waals surface area contributed by atoms with E-state index in [0.717, 1.165) is 6.07 Å². The number of carboxylic acids is 1. The average Bonchev–Trinajstić information content (AvgIpc) is 2.38. The Morgan fingerprint density at radius 2 is 1.90 bits per heavy atom. The zero-order valence-electron chi connectivity index (χ0n) is 10.6. The van der Waals surface area contributed by atoms with Gasteiger partial charge in [0.2, 0.25) is 0 Å². The van der Waals surface area contributed by atoms with Crippen molar-refractivity contribution in [3.63, 3.8) is 0 Å². The molecular formula is C14H14O6. The summed E-state index contributed by atoms with van der Waals surface area (Å²) in [5.74, 6) is -3.70. The molecule has 0 aromatic heterocycles. The first-order valence-electron chi connectivity index (χ1n) is 5.64. The van der Waals surface area contributed by atoms with Crippen LogP contribution in [0.2, 0.25) is 0 Å². The SMILES string of the molecule is C=CCOC(=O)c1cc(O)c(C(=O)O)c(O)c1CC=C. The van der Waals surface area contributed by atoms with E-state index in [0.29, 0.717) is 0 Å². The molecule has 0 radical (unpaired) electrons. The number of hydrogen-bond donors (Lipinski definition) is 3. The monoisotopic (exact) mass is 278 g/mol. The van der Waals surface area contributed by atoms with Crippen molar-refractivity contribution >= 4 is 11.9 Å². The highest BCUT2D eigenvalue weighted by molar-refractivity contribution is 5.99. The van der Waals surface area contributed by atoms with Crippen LogP contribution < -0.4 is 0 Å². The van der Waals surface area contributed by atoms with Crippen LogP contribution in [0, 0.1) is 0 Å². The number of aromatic carboxylic acids is 1. The maximum atomic E-state index is 11.8. The molecule has 0 aliphatic carbocycles. The largest absolute Gasteiger partial charge is 0.507 e. The molecule has 0 unspecified atom stereocenters. The lowest BCUT2D eigenvalue weighted by molar-refractivity contribution is 0.0545. The second kappa shape index (κ2) is 6.42.